The van der Waals surface area contributed by atoms with Crippen molar-refractivity contribution in [1.82, 2.24) is 5.32 Å². The van der Waals surface area contributed by atoms with Gasteiger partial charge in [0.1, 0.15) is 5.60 Å². The number of hydrogen-bond donors (Lipinski definition) is 2. The van der Waals surface area contributed by atoms with Gasteiger partial charge in [-0.3, -0.25) is 0 Å². The third-order valence-electron chi connectivity index (χ3n) is 5.20. The van der Waals surface area contributed by atoms with Crippen LogP contribution in [0.1, 0.15) is 41.8 Å². The van der Waals surface area contributed by atoms with E-state index in [0.29, 0.717) is 11.8 Å². The molecule has 4 nitrogen and oxygen atoms in total. The van der Waals surface area contributed by atoms with E-state index >= 15 is 0 Å². The van der Waals surface area contributed by atoms with Crippen molar-refractivity contribution in [1.29, 1.82) is 0 Å². The van der Waals surface area contributed by atoms with Gasteiger partial charge in [-0.25, -0.2) is 0 Å². The van der Waals surface area contributed by atoms with Crippen molar-refractivity contribution < 1.29 is 14.6 Å². The molecule has 1 spiro atoms. The Morgan fingerprint density at radius 3 is 2.96 bits per heavy atom. The lowest BCUT2D eigenvalue weighted by atomic mass is 9.78. The zero-order valence-electron chi connectivity index (χ0n) is 14.3. The molecule has 2 aliphatic rings. The highest BCUT2D eigenvalue weighted by Crippen LogP contribution is 2.50. The first-order chi connectivity index (χ1) is 12.0. The number of halogens is 1. The second-order valence-corrected chi connectivity index (χ2v) is 8.64. The Morgan fingerprint density at radius 2 is 2.20 bits per heavy atom. The van der Waals surface area contributed by atoms with Gasteiger partial charge in [-0.15, -0.1) is 11.3 Å². The number of fused-ring (bicyclic) bond motifs is 2. The van der Waals surface area contributed by atoms with Crippen LogP contribution in [0.5, 0.6) is 11.5 Å². The minimum atomic E-state index is -0.295. The molecule has 2 aliphatic heterocycles. The molecule has 2 aromatic rings. The van der Waals surface area contributed by atoms with Crippen LogP contribution in [0, 0.1) is 0 Å². The van der Waals surface area contributed by atoms with Gasteiger partial charge < -0.3 is 19.9 Å². The molecule has 3 heterocycles. The molecule has 1 aromatic heterocycles. The normalized spacial score (nSPS) is 28.8. The molecule has 25 heavy (non-hydrogen) atoms. The molecule has 2 N–H and O–H groups in total. The molecular weight excluding hydrogens is 358 g/mol. The molecule has 134 valence electrons. The number of nitrogens with one attached hydrogen (secondary N) is 1. The lowest BCUT2D eigenvalue weighted by Crippen LogP contribution is -2.49. The number of piperidine rings is 1. The summed E-state index contributed by atoms with van der Waals surface area (Å²) in [6.45, 7) is 2.91. The zero-order chi connectivity index (χ0) is 17.6. The summed E-state index contributed by atoms with van der Waals surface area (Å²) in [5.41, 5.74) is 2.07. The molecule has 0 bridgehead atoms. The average molecular weight is 380 g/mol. The quantitative estimate of drug-likeness (QED) is 0.812. The molecule has 0 unspecified atom stereocenters. The fourth-order valence-electron chi connectivity index (χ4n) is 4.20. The van der Waals surface area contributed by atoms with Gasteiger partial charge in [0.2, 0.25) is 0 Å². The van der Waals surface area contributed by atoms with Gasteiger partial charge in [0.05, 0.1) is 18.1 Å². The monoisotopic (exact) mass is 379 g/mol. The van der Waals surface area contributed by atoms with E-state index < -0.39 is 0 Å². The molecule has 1 saturated heterocycles. The summed E-state index contributed by atoms with van der Waals surface area (Å²) in [4.78, 5) is 1.28. The SMILES string of the molecule is COc1ccc([C@@H]2C[C@]3(C[C@H](C)N2)OCCc2cc(Cl)sc23)cc1O. The van der Waals surface area contributed by atoms with E-state index in [2.05, 4.69) is 18.3 Å². The molecule has 6 heteroatoms. The second-order valence-electron chi connectivity index (χ2n) is 6.96. The molecule has 1 aromatic carbocycles. The largest absolute Gasteiger partial charge is 0.504 e. The van der Waals surface area contributed by atoms with Crippen molar-refractivity contribution in [3.63, 3.8) is 0 Å². The zero-order valence-corrected chi connectivity index (χ0v) is 15.9. The first-order valence-corrected chi connectivity index (χ1v) is 9.76. The summed E-state index contributed by atoms with van der Waals surface area (Å²) in [7, 11) is 1.56. The van der Waals surface area contributed by atoms with Crippen LogP contribution in [0.15, 0.2) is 24.3 Å². The summed E-state index contributed by atoms with van der Waals surface area (Å²) < 4.78 is 12.4. The smallest absolute Gasteiger partial charge is 0.160 e. The fourth-order valence-corrected chi connectivity index (χ4v) is 5.66. The van der Waals surface area contributed by atoms with Gasteiger partial charge in [-0.05, 0) is 49.1 Å². The second kappa shape index (κ2) is 6.47. The van der Waals surface area contributed by atoms with Gasteiger partial charge in [-0.2, -0.15) is 0 Å². The van der Waals surface area contributed by atoms with Crippen molar-refractivity contribution in [3.8, 4) is 11.5 Å². The number of methoxy groups -OCH3 is 1. The lowest BCUT2D eigenvalue weighted by Gasteiger charge is -2.46. The summed E-state index contributed by atoms with van der Waals surface area (Å²) in [5, 5.41) is 13.8. The highest BCUT2D eigenvalue weighted by atomic mass is 35.5. The Balaban J connectivity index is 1.70. The number of ether oxygens (including phenoxy) is 2. The first-order valence-electron chi connectivity index (χ1n) is 8.56. The van der Waals surface area contributed by atoms with E-state index in [9.17, 15) is 5.11 Å². The third kappa shape index (κ3) is 3.04. The highest BCUT2D eigenvalue weighted by Gasteiger charge is 2.46. The molecule has 0 radical (unpaired) electrons. The van der Waals surface area contributed by atoms with Gasteiger partial charge in [-0.1, -0.05) is 17.7 Å². The van der Waals surface area contributed by atoms with Crippen molar-refractivity contribution in [2.75, 3.05) is 13.7 Å². The van der Waals surface area contributed by atoms with Gasteiger partial charge >= 0.3 is 0 Å². The Bertz CT molecular complexity index is 793. The number of aromatic hydroxyl groups is 1. The Kier molecular flexibility index (Phi) is 4.44. The topological polar surface area (TPSA) is 50.7 Å². The van der Waals surface area contributed by atoms with Crippen molar-refractivity contribution >= 4 is 22.9 Å². The Labute approximate surface area is 156 Å². The van der Waals surface area contributed by atoms with Crippen LogP contribution in [-0.4, -0.2) is 24.9 Å². The molecule has 0 aliphatic carbocycles. The molecule has 4 rings (SSSR count). The molecular formula is C19H22ClNO3S. The number of thiophene rings is 1. The average Bonchev–Trinajstić information content (AvgIpc) is 2.96. The predicted octanol–water partition coefficient (Wildman–Crippen LogP) is 4.40. The van der Waals surface area contributed by atoms with E-state index in [1.54, 1.807) is 24.5 Å². The molecule has 0 saturated carbocycles. The van der Waals surface area contributed by atoms with E-state index in [1.807, 2.05) is 12.1 Å². The minimum absolute atomic E-state index is 0.104. The van der Waals surface area contributed by atoms with Crippen molar-refractivity contribution in [2.24, 2.45) is 0 Å². The summed E-state index contributed by atoms with van der Waals surface area (Å²) in [6.07, 6.45) is 2.68. The van der Waals surface area contributed by atoms with Crippen LogP contribution >= 0.6 is 22.9 Å². The molecule has 3 atom stereocenters. The minimum Gasteiger partial charge on any atom is -0.504 e. The first kappa shape index (κ1) is 17.2. The fraction of sp³-hybridized carbons (Fsp3) is 0.474. The van der Waals surface area contributed by atoms with Crippen LogP contribution in [0.25, 0.3) is 0 Å². The highest BCUT2D eigenvalue weighted by molar-refractivity contribution is 7.16. The van der Waals surface area contributed by atoms with Gasteiger partial charge in [0.15, 0.2) is 11.5 Å². The number of benzene rings is 1. The van der Waals surface area contributed by atoms with E-state index in [1.165, 1.54) is 10.4 Å². The van der Waals surface area contributed by atoms with E-state index in [-0.39, 0.29) is 17.4 Å². The Hall–Kier alpha value is -1.27. The van der Waals surface area contributed by atoms with Crippen LogP contribution in [0.3, 0.4) is 0 Å². The third-order valence-corrected chi connectivity index (χ3v) is 6.69. The predicted molar refractivity (Wildman–Crippen MR) is 99.9 cm³/mol. The number of hydrogen-bond acceptors (Lipinski definition) is 5. The van der Waals surface area contributed by atoms with Crippen molar-refractivity contribution in [3.05, 3.63) is 44.6 Å². The number of phenols is 1. The van der Waals surface area contributed by atoms with Crippen LogP contribution in [0.2, 0.25) is 4.34 Å². The molecule has 0 amide bonds. The maximum absolute atomic E-state index is 10.2. The van der Waals surface area contributed by atoms with Gasteiger partial charge in [0.25, 0.3) is 0 Å². The number of rotatable bonds is 2. The summed E-state index contributed by atoms with van der Waals surface area (Å²) in [6, 6.07) is 8.10. The summed E-state index contributed by atoms with van der Waals surface area (Å²) >= 11 is 7.94. The Morgan fingerprint density at radius 1 is 1.36 bits per heavy atom. The maximum atomic E-state index is 10.2. The number of phenolic OH excluding ortho intramolecular Hbond substituents is 1. The summed E-state index contributed by atoms with van der Waals surface area (Å²) in [5.74, 6) is 0.655. The van der Waals surface area contributed by atoms with E-state index in [4.69, 9.17) is 21.1 Å². The van der Waals surface area contributed by atoms with Crippen LogP contribution < -0.4 is 10.1 Å². The lowest BCUT2D eigenvalue weighted by molar-refractivity contribution is -0.0954. The van der Waals surface area contributed by atoms with Gasteiger partial charge in [0, 0.05) is 23.4 Å². The van der Waals surface area contributed by atoms with Crippen molar-refractivity contribution in [2.45, 2.75) is 43.9 Å². The maximum Gasteiger partial charge on any atom is 0.160 e. The van der Waals surface area contributed by atoms with Crippen LogP contribution in [-0.2, 0) is 16.8 Å². The molecule has 1 fully saturated rings. The van der Waals surface area contributed by atoms with E-state index in [0.717, 1.165) is 35.8 Å². The standard InChI is InChI=1S/C19H22ClNO3S/c1-11-9-19(18-13(5-6-24-19)8-17(20)25-18)10-14(21-11)12-3-4-16(23-2)15(22)7-12/h3-4,7-8,11,14,21-22H,5-6,9-10H2,1-2H3/t11-,14-,19-/m0/s1. The van der Waals surface area contributed by atoms with Crippen LogP contribution in [0.4, 0.5) is 0 Å².